The first kappa shape index (κ1) is 12.5. The van der Waals surface area contributed by atoms with Gasteiger partial charge in [-0.05, 0) is 12.5 Å². The molecule has 0 bridgehead atoms. The van der Waals surface area contributed by atoms with E-state index in [1.54, 1.807) is 10.9 Å². The second-order valence-corrected chi connectivity index (χ2v) is 4.54. The number of morpholine rings is 1. The number of ether oxygens (including phenoxy) is 1. The van der Waals surface area contributed by atoms with E-state index in [1.165, 1.54) is 0 Å². The van der Waals surface area contributed by atoms with Crippen molar-refractivity contribution in [3.05, 3.63) is 18.5 Å². The molecule has 1 aliphatic heterocycles. The molecule has 1 N–H and O–H groups in total. The highest BCUT2D eigenvalue weighted by Crippen LogP contribution is 2.08. The lowest BCUT2D eigenvalue weighted by atomic mass is 10.2. The van der Waals surface area contributed by atoms with Crippen molar-refractivity contribution in [2.45, 2.75) is 32.1 Å². The SMILES string of the molecule is CC[C@@H]1CN(C[C@H](O)Cn2cccn2)CCO1. The number of aliphatic hydroxyl groups excluding tert-OH is 1. The molecule has 5 heteroatoms. The van der Waals surface area contributed by atoms with Crippen molar-refractivity contribution in [1.82, 2.24) is 14.7 Å². The molecule has 0 amide bonds. The molecule has 1 fully saturated rings. The Hall–Kier alpha value is -0.910. The average Bonchev–Trinajstić information content (AvgIpc) is 2.82. The lowest BCUT2D eigenvalue weighted by Gasteiger charge is -2.33. The average molecular weight is 239 g/mol. The number of aliphatic hydroxyl groups is 1. The normalized spacial score (nSPS) is 23.8. The third-order valence-corrected chi connectivity index (χ3v) is 3.10. The molecule has 2 rings (SSSR count). The van der Waals surface area contributed by atoms with Crippen molar-refractivity contribution in [2.75, 3.05) is 26.2 Å². The van der Waals surface area contributed by atoms with E-state index < -0.39 is 0 Å². The highest BCUT2D eigenvalue weighted by atomic mass is 16.5. The van der Waals surface area contributed by atoms with Crippen LogP contribution in [-0.4, -0.2) is 58.2 Å². The van der Waals surface area contributed by atoms with Crippen LogP contribution < -0.4 is 0 Å². The molecule has 1 saturated heterocycles. The molecule has 1 aromatic heterocycles. The van der Waals surface area contributed by atoms with Crippen molar-refractivity contribution in [1.29, 1.82) is 0 Å². The molecule has 0 radical (unpaired) electrons. The Balaban J connectivity index is 1.76. The molecule has 0 spiro atoms. The number of β-amino-alcohol motifs (C(OH)–C–C–N with tert-alkyl or cyclic N) is 1. The Morgan fingerprint density at radius 1 is 1.53 bits per heavy atom. The zero-order valence-corrected chi connectivity index (χ0v) is 10.3. The second kappa shape index (κ2) is 6.14. The van der Waals surface area contributed by atoms with Gasteiger partial charge in [-0.25, -0.2) is 0 Å². The maximum absolute atomic E-state index is 9.99. The van der Waals surface area contributed by atoms with Crippen LogP contribution in [-0.2, 0) is 11.3 Å². The maximum Gasteiger partial charge on any atom is 0.0862 e. The van der Waals surface area contributed by atoms with Gasteiger partial charge < -0.3 is 9.84 Å². The third-order valence-electron chi connectivity index (χ3n) is 3.10. The van der Waals surface area contributed by atoms with Crippen LogP contribution in [0, 0.1) is 0 Å². The van der Waals surface area contributed by atoms with Crippen LogP contribution in [0.3, 0.4) is 0 Å². The Morgan fingerprint density at radius 2 is 2.41 bits per heavy atom. The second-order valence-electron chi connectivity index (χ2n) is 4.54. The Kier molecular flexibility index (Phi) is 4.53. The first-order valence-electron chi connectivity index (χ1n) is 6.27. The van der Waals surface area contributed by atoms with Gasteiger partial charge >= 0.3 is 0 Å². The summed E-state index contributed by atoms with van der Waals surface area (Å²) in [7, 11) is 0. The minimum atomic E-state index is -0.370. The van der Waals surface area contributed by atoms with Gasteiger partial charge in [0.05, 0.1) is 25.4 Å². The van der Waals surface area contributed by atoms with Crippen LogP contribution in [0.15, 0.2) is 18.5 Å². The molecule has 0 unspecified atom stereocenters. The zero-order valence-electron chi connectivity index (χ0n) is 10.3. The van der Waals surface area contributed by atoms with Gasteiger partial charge in [0.25, 0.3) is 0 Å². The first-order chi connectivity index (χ1) is 8.28. The van der Waals surface area contributed by atoms with Crippen molar-refractivity contribution in [3.8, 4) is 0 Å². The molecule has 2 heterocycles. The van der Waals surface area contributed by atoms with E-state index in [9.17, 15) is 5.11 Å². The summed E-state index contributed by atoms with van der Waals surface area (Å²) in [6.07, 6.45) is 4.59. The summed E-state index contributed by atoms with van der Waals surface area (Å²) < 4.78 is 7.37. The summed E-state index contributed by atoms with van der Waals surface area (Å²) in [5.41, 5.74) is 0. The smallest absolute Gasteiger partial charge is 0.0862 e. The Bertz CT molecular complexity index is 316. The fourth-order valence-electron chi connectivity index (χ4n) is 2.17. The van der Waals surface area contributed by atoms with Crippen LogP contribution >= 0.6 is 0 Å². The number of hydrogen-bond donors (Lipinski definition) is 1. The maximum atomic E-state index is 9.99. The van der Waals surface area contributed by atoms with E-state index in [-0.39, 0.29) is 6.10 Å². The molecule has 0 aliphatic carbocycles. The molecule has 5 nitrogen and oxygen atoms in total. The first-order valence-corrected chi connectivity index (χ1v) is 6.27. The largest absolute Gasteiger partial charge is 0.390 e. The van der Waals surface area contributed by atoms with Gasteiger partial charge in [0, 0.05) is 32.0 Å². The van der Waals surface area contributed by atoms with Gasteiger partial charge in [-0.2, -0.15) is 5.10 Å². The van der Waals surface area contributed by atoms with E-state index >= 15 is 0 Å². The van der Waals surface area contributed by atoms with Crippen LogP contribution in [0.4, 0.5) is 0 Å². The molecule has 1 aliphatic rings. The molecule has 2 atom stereocenters. The summed E-state index contributed by atoms with van der Waals surface area (Å²) in [5.74, 6) is 0. The number of aromatic nitrogens is 2. The quantitative estimate of drug-likeness (QED) is 0.806. The molecular formula is C12H21N3O2. The topological polar surface area (TPSA) is 50.5 Å². The molecular weight excluding hydrogens is 218 g/mol. The number of nitrogens with zero attached hydrogens (tertiary/aromatic N) is 3. The standard InChI is InChI=1S/C12H21N3O2/c1-2-12-10-14(6-7-17-12)8-11(16)9-15-5-3-4-13-15/h3-5,11-12,16H,2,6-10H2,1H3/t11-,12+/m0/s1. The van der Waals surface area contributed by atoms with Gasteiger partial charge in [0.2, 0.25) is 0 Å². The highest BCUT2D eigenvalue weighted by Gasteiger charge is 2.21. The van der Waals surface area contributed by atoms with Crippen molar-refractivity contribution in [3.63, 3.8) is 0 Å². The highest BCUT2D eigenvalue weighted by molar-refractivity contribution is 4.79. The van der Waals surface area contributed by atoms with Crippen molar-refractivity contribution in [2.24, 2.45) is 0 Å². The summed E-state index contributed by atoms with van der Waals surface area (Å²) >= 11 is 0. The molecule has 0 saturated carbocycles. The van der Waals surface area contributed by atoms with E-state index in [4.69, 9.17) is 4.74 Å². The monoisotopic (exact) mass is 239 g/mol. The zero-order chi connectivity index (χ0) is 12.1. The van der Waals surface area contributed by atoms with E-state index in [2.05, 4.69) is 16.9 Å². The molecule has 0 aromatic carbocycles. The number of hydrogen-bond acceptors (Lipinski definition) is 4. The minimum Gasteiger partial charge on any atom is -0.390 e. The predicted molar refractivity (Wildman–Crippen MR) is 64.7 cm³/mol. The lowest BCUT2D eigenvalue weighted by Crippen LogP contribution is -2.46. The lowest BCUT2D eigenvalue weighted by molar-refractivity contribution is -0.0431. The van der Waals surface area contributed by atoms with Crippen molar-refractivity contribution < 1.29 is 9.84 Å². The van der Waals surface area contributed by atoms with Gasteiger partial charge in [-0.15, -0.1) is 0 Å². The van der Waals surface area contributed by atoms with Crippen molar-refractivity contribution >= 4 is 0 Å². The van der Waals surface area contributed by atoms with Crippen LogP contribution in [0.2, 0.25) is 0 Å². The minimum absolute atomic E-state index is 0.320. The third kappa shape index (κ3) is 3.80. The van der Waals surface area contributed by atoms with E-state index in [1.807, 2.05) is 12.3 Å². The summed E-state index contributed by atoms with van der Waals surface area (Å²) in [4.78, 5) is 2.27. The van der Waals surface area contributed by atoms with Crippen LogP contribution in [0.1, 0.15) is 13.3 Å². The van der Waals surface area contributed by atoms with Crippen LogP contribution in [0.25, 0.3) is 0 Å². The fraction of sp³-hybridized carbons (Fsp3) is 0.750. The molecule has 96 valence electrons. The number of rotatable bonds is 5. The van der Waals surface area contributed by atoms with Gasteiger partial charge in [0.1, 0.15) is 0 Å². The van der Waals surface area contributed by atoms with E-state index in [0.29, 0.717) is 19.2 Å². The van der Waals surface area contributed by atoms with Crippen LogP contribution in [0.5, 0.6) is 0 Å². The summed E-state index contributed by atoms with van der Waals surface area (Å²) in [5, 5.41) is 14.1. The van der Waals surface area contributed by atoms with Gasteiger partial charge in [0.15, 0.2) is 0 Å². The summed E-state index contributed by atoms with van der Waals surface area (Å²) in [6.45, 7) is 5.99. The molecule has 1 aromatic rings. The molecule has 17 heavy (non-hydrogen) atoms. The van der Waals surface area contributed by atoms with E-state index in [0.717, 1.165) is 26.1 Å². The summed E-state index contributed by atoms with van der Waals surface area (Å²) in [6, 6.07) is 1.87. The van der Waals surface area contributed by atoms with Gasteiger partial charge in [-0.1, -0.05) is 6.92 Å². The predicted octanol–water partition coefficient (Wildman–Crippen LogP) is 0.355. The Morgan fingerprint density at radius 3 is 3.12 bits per heavy atom. The van der Waals surface area contributed by atoms with Gasteiger partial charge in [-0.3, -0.25) is 9.58 Å². The Labute approximate surface area is 102 Å². The fourth-order valence-corrected chi connectivity index (χ4v) is 2.17.